The molecule has 0 atom stereocenters. The lowest BCUT2D eigenvalue weighted by Crippen LogP contribution is -2.53. The molecule has 1 spiro atoms. The molecule has 0 bridgehead atoms. The van der Waals surface area contributed by atoms with Crippen LogP contribution in [0.25, 0.3) is 0 Å². The minimum atomic E-state index is -0.775. The first-order valence-electron chi connectivity index (χ1n) is 8.18. The second-order valence-electron chi connectivity index (χ2n) is 6.19. The van der Waals surface area contributed by atoms with E-state index in [0.717, 1.165) is 5.56 Å². The van der Waals surface area contributed by atoms with Crippen molar-refractivity contribution < 1.29 is 23.8 Å². The van der Waals surface area contributed by atoms with Crippen molar-refractivity contribution in [1.29, 1.82) is 0 Å². The fourth-order valence-corrected chi connectivity index (χ4v) is 3.42. The van der Waals surface area contributed by atoms with Gasteiger partial charge in [0.15, 0.2) is 11.5 Å². The number of piperidine rings is 1. The summed E-state index contributed by atoms with van der Waals surface area (Å²) >= 11 is 0. The van der Waals surface area contributed by atoms with Crippen LogP contribution >= 0.6 is 0 Å². The first-order chi connectivity index (χ1) is 12.0. The van der Waals surface area contributed by atoms with Gasteiger partial charge in [-0.15, -0.1) is 0 Å². The van der Waals surface area contributed by atoms with Crippen molar-refractivity contribution in [3.63, 3.8) is 0 Å². The molecule has 25 heavy (non-hydrogen) atoms. The zero-order valence-electron chi connectivity index (χ0n) is 14.7. The summed E-state index contributed by atoms with van der Waals surface area (Å²) in [5.41, 5.74) is -0.0489. The molecule has 2 heterocycles. The predicted molar refractivity (Wildman–Crippen MR) is 90.0 cm³/mol. The van der Waals surface area contributed by atoms with Gasteiger partial charge in [0, 0.05) is 0 Å². The van der Waals surface area contributed by atoms with Crippen LogP contribution in [0.4, 0.5) is 4.79 Å². The molecule has 8 heteroatoms. The van der Waals surface area contributed by atoms with Gasteiger partial charge >= 0.3 is 6.03 Å². The topological polar surface area (TPSA) is 89.1 Å². The molecule has 0 aliphatic carbocycles. The number of rotatable bonds is 5. The third-order valence-corrected chi connectivity index (χ3v) is 4.77. The quantitative estimate of drug-likeness (QED) is 0.768. The van der Waals surface area contributed by atoms with Crippen molar-refractivity contribution in [1.82, 2.24) is 15.5 Å². The molecule has 0 radical (unpaired) electrons. The van der Waals surface area contributed by atoms with Crippen LogP contribution in [0.2, 0.25) is 0 Å². The lowest BCUT2D eigenvalue weighted by atomic mass is 9.88. The third kappa shape index (κ3) is 2.97. The molecule has 0 aromatic heterocycles. The van der Waals surface area contributed by atoms with Crippen LogP contribution in [-0.4, -0.2) is 56.8 Å². The van der Waals surface area contributed by atoms with Crippen LogP contribution in [-0.2, 0) is 11.3 Å². The van der Waals surface area contributed by atoms with Gasteiger partial charge in [-0.2, -0.15) is 0 Å². The number of imide groups is 1. The van der Waals surface area contributed by atoms with Crippen molar-refractivity contribution in [3.05, 3.63) is 17.7 Å². The normalized spacial score (nSPS) is 19.1. The van der Waals surface area contributed by atoms with Gasteiger partial charge in [0.1, 0.15) is 5.54 Å². The summed E-state index contributed by atoms with van der Waals surface area (Å²) < 4.78 is 16.0. The highest BCUT2D eigenvalue weighted by Crippen LogP contribution is 2.39. The SMILES string of the molecule is COc1cc(CN2C(=O)NC3(CCNCC3)C2=O)cc(OC)c1OC. The number of nitrogens with one attached hydrogen (secondary N) is 2. The average molecular weight is 349 g/mol. The molecule has 3 amide bonds. The van der Waals surface area contributed by atoms with Crippen LogP contribution in [0.1, 0.15) is 18.4 Å². The minimum absolute atomic E-state index is 0.149. The van der Waals surface area contributed by atoms with Gasteiger partial charge in [0.2, 0.25) is 5.75 Å². The number of carbonyl (C=O) groups excluding carboxylic acids is 2. The van der Waals surface area contributed by atoms with Crippen molar-refractivity contribution in [2.24, 2.45) is 0 Å². The van der Waals surface area contributed by atoms with Gasteiger partial charge in [0.05, 0.1) is 27.9 Å². The molecule has 8 nitrogen and oxygen atoms in total. The predicted octanol–water partition coefficient (Wildman–Crippen LogP) is 0.886. The second kappa shape index (κ2) is 6.79. The summed E-state index contributed by atoms with van der Waals surface area (Å²) in [6.45, 7) is 1.57. The Morgan fingerprint density at radius 3 is 2.16 bits per heavy atom. The van der Waals surface area contributed by atoms with Crippen LogP contribution in [0.3, 0.4) is 0 Å². The van der Waals surface area contributed by atoms with E-state index in [0.29, 0.717) is 43.2 Å². The average Bonchev–Trinajstić information content (AvgIpc) is 2.85. The fourth-order valence-electron chi connectivity index (χ4n) is 3.42. The highest BCUT2D eigenvalue weighted by atomic mass is 16.5. The molecule has 0 saturated carbocycles. The van der Waals surface area contributed by atoms with Crippen LogP contribution < -0.4 is 24.8 Å². The first kappa shape index (κ1) is 17.3. The zero-order chi connectivity index (χ0) is 18.0. The highest BCUT2D eigenvalue weighted by Gasteiger charge is 2.51. The number of nitrogens with zero attached hydrogens (tertiary/aromatic N) is 1. The number of methoxy groups -OCH3 is 3. The molecular weight excluding hydrogens is 326 g/mol. The molecule has 2 aliphatic rings. The number of carbonyl (C=O) groups is 2. The number of benzene rings is 1. The Balaban J connectivity index is 1.87. The lowest BCUT2D eigenvalue weighted by Gasteiger charge is -2.31. The summed E-state index contributed by atoms with van der Waals surface area (Å²) in [6.07, 6.45) is 1.20. The smallest absolute Gasteiger partial charge is 0.325 e. The minimum Gasteiger partial charge on any atom is -0.493 e. The van der Waals surface area contributed by atoms with Crippen LogP contribution in [0.5, 0.6) is 17.2 Å². The molecule has 3 rings (SSSR count). The van der Waals surface area contributed by atoms with Gasteiger partial charge in [-0.05, 0) is 43.6 Å². The van der Waals surface area contributed by atoms with Crippen molar-refractivity contribution >= 4 is 11.9 Å². The number of hydrogen-bond acceptors (Lipinski definition) is 6. The molecule has 2 fully saturated rings. The largest absolute Gasteiger partial charge is 0.493 e. The summed E-state index contributed by atoms with van der Waals surface area (Å²) in [6, 6.07) is 3.13. The van der Waals surface area contributed by atoms with Crippen molar-refractivity contribution in [2.45, 2.75) is 24.9 Å². The molecule has 2 aliphatic heterocycles. The number of ether oxygens (including phenoxy) is 3. The zero-order valence-corrected chi connectivity index (χ0v) is 14.7. The van der Waals surface area contributed by atoms with Crippen LogP contribution in [0, 0.1) is 0 Å². The van der Waals surface area contributed by atoms with Crippen molar-refractivity contribution in [2.75, 3.05) is 34.4 Å². The Hall–Kier alpha value is -2.48. The summed E-state index contributed by atoms with van der Waals surface area (Å²) in [7, 11) is 4.58. The Morgan fingerprint density at radius 1 is 1.04 bits per heavy atom. The summed E-state index contributed by atoms with van der Waals surface area (Å²) in [5, 5.41) is 6.09. The second-order valence-corrected chi connectivity index (χ2v) is 6.19. The Bertz CT molecular complexity index is 660. The van der Waals surface area contributed by atoms with E-state index in [-0.39, 0.29) is 18.5 Å². The van der Waals surface area contributed by atoms with E-state index in [1.165, 1.54) is 26.2 Å². The molecule has 136 valence electrons. The first-order valence-corrected chi connectivity index (χ1v) is 8.18. The number of urea groups is 1. The van der Waals surface area contributed by atoms with E-state index in [1.807, 2.05) is 0 Å². The summed E-state index contributed by atoms with van der Waals surface area (Å²) in [5.74, 6) is 1.27. The van der Waals surface area contributed by atoms with E-state index < -0.39 is 5.54 Å². The van der Waals surface area contributed by atoms with Gasteiger partial charge in [-0.1, -0.05) is 0 Å². The summed E-state index contributed by atoms with van der Waals surface area (Å²) in [4.78, 5) is 26.5. The monoisotopic (exact) mass is 349 g/mol. The van der Waals surface area contributed by atoms with Crippen molar-refractivity contribution in [3.8, 4) is 17.2 Å². The van der Waals surface area contributed by atoms with Gasteiger partial charge in [-0.3, -0.25) is 9.69 Å². The van der Waals surface area contributed by atoms with E-state index in [2.05, 4.69) is 10.6 Å². The fraction of sp³-hybridized carbons (Fsp3) is 0.529. The number of amides is 3. The van der Waals surface area contributed by atoms with E-state index in [9.17, 15) is 9.59 Å². The Morgan fingerprint density at radius 2 is 1.64 bits per heavy atom. The van der Waals surface area contributed by atoms with Gasteiger partial charge in [0.25, 0.3) is 5.91 Å². The molecule has 1 aromatic rings. The van der Waals surface area contributed by atoms with Gasteiger partial charge in [-0.25, -0.2) is 4.79 Å². The Kier molecular flexibility index (Phi) is 4.71. The molecule has 2 saturated heterocycles. The standard InChI is InChI=1S/C17H23N3O5/c1-23-12-8-11(9-13(24-2)14(12)25-3)10-20-15(21)17(19-16(20)22)4-6-18-7-5-17/h8-9,18H,4-7,10H2,1-3H3,(H,19,22). The molecule has 2 N–H and O–H groups in total. The molecule has 1 aromatic carbocycles. The Labute approximate surface area is 146 Å². The van der Waals surface area contributed by atoms with E-state index in [4.69, 9.17) is 14.2 Å². The van der Waals surface area contributed by atoms with Crippen LogP contribution in [0.15, 0.2) is 12.1 Å². The van der Waals surface area contributed by atoms with E-state index >= 15 is 0 Å². The highest BCUT2D eigenvalue weighted by molar-refractivity contribution is 6.07. The molecule has 0 unspecified atom stereocenters. The lowest BCUT2D eigenvalue weighted by molar-refractivity contribution is -0.132. The maximum absolute atomic E-state index is 12.9. The third-order valence-electron chi connectivity index (χ3n) is 4.77. The maximum atomic E-state index is 12.9. The molecular formula is C17H23N3O5. The van der Waals surface area contributed by atoms with E-state index in [1.54, 1.807) is 12.1 Å². The van der Waals surface area contributed by atoms with Gasteiger partial charge < -0.3 is 24.8 Å². The maximum Gasteiger partial charge on any atom is 0.325 e. The number of hydrogen-bond donors (Lipinski definition) is 2.